The van der Waals surface area contributed by atoms with Crippen LogP contribution in [0.2, 0.25) is 0 Å². The molecule has 0 bridgehead atoms. The topological polar surface area (TPSA) is 139 Å². The highest BCUT2D eigenvalue weighted by molar-refractivity contribution is 5.75. The molecule has 0 aliphatic heterocycles. The van der Waals surface area contributed by atoms with Gasteiger partial charge in [-0.3, -0.25) is 14.9 Å². The predicted molar refractivity (Wildman–Crippen MR) is 111 cm³/mol. The van der Waals surface area contributed by atoms with Crippen LogP contribution in [0.25, 0.3) is 0 Å². The minimum atomic E-state index is -0.977. The Morgan fingerprint density at radius 3 is 2.84 bits per heavy atom. The maximum atomic E-state index is 14.1. The Kier molecular flexibility index (Phi) is 5.70. The zero-order valence-electron chi connectivity index (χ0n) is 16.7. The van der Waals surface area contributed by atoms with Crippen molar-refractivity contribution >= 4 is 23.3 Å². The molecule has 1 saturated carbocycles. The van der Waals surface area contributed by atoms with Gasteiger partial charge >= 0.3 is 5.97 Å². The van der Waals surface area contributed by atoms with Crippen LogP contribution in [0.1, 0.15) is 31.4 Å². The lowest BCUT2D eigenvalue weighted by Crippen LogP contribution is -2.40. The summed E-state index contributed by atoms with van der Waals surface area (Å²) in [5, 5.41) is 19.7. The van der Waals surface area contributed by atoms with Crippen LogP contribution in [0.15, 0.2) is 42.9 Å². The first kappa shape index (κ1) is 20.6. The number of rotatable bonds is 7. The number of benzene rings is 1. The van der Waals surface area contributed by atoms with Crippen LogP contribution < -0.4 is 15.8 Å². The fourth-order valence-corrected chi connectivity index (χ4v) is 3.89. The van der Waals surface area contributed by atoms with E-state index in [1.54, 1.807) is 30.7 Å². The average molecular weight is 426 g/mol. The number of hydrogen-bond donors (Lipinski definition) is 4. The molecule has 1 aromatic carbocycles. The number of carboxylic acids is 1. The van der Waals surface area contributed by atoms with E-state index in [9.17, 15) is 14.3 Å². The average Bonchev–Trinajstić information content (AvgIpc) is 3.26. The van der Waals surface area contributed by atoms with Crippen molar-refractivity contribution in [2.45, 2.75) is 38.2 Å². The Morgan fingerprint density at radius 2 is 2.13 bits per heavy atom. The van der Waals surface area contributed by atoms with Crippen molar-refractivity contribution in [3.63, 3.8) is 0 Å². The second kappa shape index (κ2) is 8.58. The number of ether oxygens (including phenoxy) is 1. The molecular weight excluding hydrogens is 403 g/mol. The lowest BCUT2D eigenvalue weighted by Gasteiger charge is -2.36. The van der Waals surface area contributed by atoms with E-state index in [2.05, 4.69) is 25.5 Å². The van der Waals surface area contributed by atoms with E-state index < -0.39 is 17.2 Å². The molecule has 10 heteroatoms. The molecule has 2 heterocycles. The number of H-pyrrole nitrogens is 1. The molecule has 0 radical (unpaired) electrons. The molecule has 1 fully saturated rings. The fraction of sp³-hybridized carbons (Fsp3) is 0.333. The van der Waals surface area contributed by atoms with Crippen LogP contribution in [0, 0.1) is 11.2 Å². The summed E-state index contributed by atoms with van der Waals surface area (Å²) < 4.78 is 19.9. The maximum Gasteiger partial charge on any atom is 0.310 e. The van der Waals surface area contributed by atoms with Crippen molar-refractivity contribution in [2.75, 3.05) is 11.1 Å². The highest BCUT2D eigenvalue weighted by Crippen LogP contribution is 2.41. The number of halogens is 1. The number of nitrogen functional groups attached to an aromatic ring is 1. The highest BCUT2D eigenvalue weighted by Gasteiger charge is 2.43. The second-order valence-electron chi connectivity index (χ2n) is 7.73. The van der Waals surface area contributed by atoms with Gasteiger partial charge in [-0.25, -0.2) is 9.37 Å². The molecular formula is C21H23FN6O3. The summed E-state index contributed by atoms with van der Waals surface area (Å²) in [5.74, 6) is -0.220. The van der Waals surface area contributed by atoms with Gasteiger partial charge < -0.3 is 20.9 Å². The summed E-state index contributed by atoms with van der Waals surface area (Å²) in [6, 6.07) is 6.37. The molecule has 5 N–H and O–H groups in total. The van der Waals surface area contributed by atoms with Crippen LogP contribution >= 0.6 is 0 Å². The zero-order chi connectivity index (χ0) is 21.8. The van der Waals surface area contributed by atoms with Crippen molar-refractivity contribution in [3.05, 3.63) is 54.4 Å². The standard InChI is InChI=1S/C21H23FN6O3/c22-19-15(23)2-1-3-16(19)31-14-4-7-21(8-5-14,20(29)30)10-13-11-24-12-18(26-13)27-17-6-9-25-28-17/h1-3,6,9,11-12,14H,4-5,7-8,10,23H2,(H,29,30)(H2,25,26,27,28). The second-order valence-corrected chi connectivity index (χ2v) is 7.73. The normalized spacial score (nSPS) is 20.9. The molecule has 0 amide bonds. The van der Waals surface area contributed by atoms with Gasteiger partial charge in [0.25, 0.3) is 0 Å². The van der Waals surface area contributed by atoms with Crippen LogP contribution in [0.3, 0.4) is 0 Å². The van der Waals surface area contributed by atoms with E-state index in [1.165, 1.54) is 12.1 Å². The number of aromatic amines is 1. The quantitative estimate of drug-likeness (QED) is 0.422. The molecule has 3 aromatic rings. The molecule has 9 nitrogen and oxygen atoms in total. The van der Waals surface area contributed by atoms with Gasteiger partial charge in [-0.15, -0.1) is 0 Å². The smallest absolute Gasteiger partial charge is 0.310 e. The van der Waals surface area contributed by atoms with Gasteiger partial charge in [0.05, 0.1) is 35.3 Å². The summed E-state index contributed by atoms with van der Waals surface area (Å²) in [6.07, 6.45) is 6.45. The van der Waals surface area contributed by atoms with Crippen molar-refractivity contribution in [1.29, 1.82) is 0 Å². The van der Waals surface area contributed by atoms with E-state index in [0.29, 0.717) is 43.0 Å². The Hall–Kier alpha value is -3.69. The van der Waals surface area contributed by atoms with Gasteiger partial charge in [0.15, 0.2) is 11.6 Å². The predicted octanol–water partition coefficient (Wildman–Crippen LogP) is 3.30. The Bertz CT molecular complexity index is 1050. The fourth-order valence-electron chi connectivity index (χ4n) is 3.89. The van der Waals surface area contributed by atoms with E-state index in [4.69, 9.17) is 10.5 Å². The SMILES string of the molecule is Nc1cccc(OC2CCC(Cc3cncc(Nc4ccn[nH]4)n3)(C(=O)O)CC2)c1F. The van der Waals surface area contributed by atoms with Crippen molar-refractivity contribution in [1.82, 2.24) is 20.2 Å². The monoisotopic (exact) mass is 426 g/mol. The number of anilines is 3. The Labute approximate surface area is 177 Å². The third-order valence-corrected chi connectivity index (χ3v) is 5.60. The van der Waals surface area contributed by atoms with Crippen molar-refractivity contribution < 1.29 is 19.0 Å². The minimum absolute atomic E-state index is 0.0235. The number of aliphatic carboxylic acids is 1. The van der Waals surface area contributed by atoms with Crippen LogP contribution in [-0.2, 0) is 11.2 Å². The first-order valence-corrected chi connectivity index (χ1v) is 9.96. The van der Waals surface area contributed by atoms with Crippen molar-refractivity contribution in [2.24, 2.45) is 5.41 Å². The molecule has 0 spiro atoms. The van der Waals surface area contributed by atoms with E-state index >= 15 is 0 Å². The molecule has 31 heavy (non-hydrogen) atoms. The lowest BCUT2D eigenvalue weighted by atomic mass is 9.70. The molecule has 2 aromatic heterocycles. The number of nitrogens with zero attached hydrogens (tertiary/aromatic N) is 3. The number of carbonyl (C=O) groups is 1. The molecule has 1 aliphatic carbocycles. The summed E-state index contributed by atoms with van der Waals surface area (Å²) in [5.41, 5.74) is 5.22. The molecule has 4 rings (SSSR count). The van der Waals surface area contributed by atoms with Crippen LogP contribution in [-0.4, -0.2) is 37.3 Å². The summed E-state index contributed by atoms with van der Waals surface area (Å²) in [7, 11) is 0. The van der Waals surface area contributed by atoms with Crippen molar-refractivity contribution in [3.8, 4) is 5.75 Å². The molecule has 0 unspecified atom stereocenters. The van der Waals surface area contributed by atoms with E-state index in [1.807, 2.05) is 0 Å². The minimum Gasteiger partial charge on any atom is -0.487 e. The summed E-state index contributed by atoms with van der Waals surface area (Å²) in [6.45, 7) is 0. The van der Waals surface area contributed by atoms with Gasteiger partial charge in [-0.2, -0.15) is 5.10 Å². The lowest BCUT2D eigenvalue weighted by molar-refractivity contribution is -0.152. The largest absolute Gasteiger partial charge is 0.487 e. The summed E-state index contributed by atoms with van der Waals surface area (Å²) in [4.78, 5) is 20.9. The Balaban J connectivity index is 1.43. The van der Waals surface area contributed by atoms with Gasteiger partial charge in [-0.1, -0.05) is 6.07 Å². The number of nitrogens with one attached hydrogen (secondary N) is 2. The molecule has 1 aliphatic rings. The van der Waals surface area contributed by atoms with Gasteiger partial charge in [0.1, 0.15) is 11.6 Å². The number of aromatic nitrogens is 4. The highest BCUT2D eigenvalue weighted by atomic mass is 19.1. The number of nitrogens with two attached hydrogens (primary N) is 1. The third kappa shape index (κ3) is 4.57. The Morgan fingerprint density at radius 1 is 1.32 bits per heavy atom. The number of carboxylic acid groups (broad SMARTS) is 1. The van der Waals surface area contributed by atoms with Gasteiger partial charge in [-0.05, 0) is 37.8 Å². The van der Waals surface area contributed by atoms with Crippen LogP contribution in [0.4, 0.5) is 21.7 Å². The first-order chi connectivity index (χ1) is 14.9. The zero-order valence-corrected chi connectivity index (χ0v) is 16.7. The van der Waals surface area contributed by atoms with Crippen LogP contribution in [0.5, 0.6) is 5.75 Å². The van der Waals surface area contributed by atoms with E-state index in [-0.39, 0.29) is 24.0 Å². The third-order valence-electron chi connectivity index (χ3n) is 5.60. The molecule has 162 valence electrons. The summed E-state index contributed by atoms with van der Waals surface area (Å²) >= 11 is 0. The van der Waals surface area contributed by atoms with E-state index in [0.717, 1.165) is 0 Å². The first-order valence-electron chi connectivity index (χ1n) is 9.96. The number of hydrogen-bond acceptors (Lipinski definition) is 7. The van der Waals surface area contributed by atoms with Gasteiger partial charge in [0, 0.05) is 18.7 Å². The molecule has 0 saturated heterocycles. The van der Waals surface area contributed by atoms with Gasteiger partial charge in [0.2, 0.25) is 0 Å². The molecule has 0 atom stereocenters. The maximum absolute atomic E-state index is 14.1.